The first-order valence-electron chi connectivity index (χ1n) is 6.80. The molecular formula is C15H26ClN3O. The summed E-state index contributed by atoms with van der Waals surface area (Å²) in [5.41, 5.74) is 7.91. The van der Waals surface area contributed by atoms with Gasteiger partial charge in [0.15, 0.2) is 0 Å². The molecule has 1 atom stereocenters. The number of halogens is 1. The molecule has 0 aliphatic carbocycles. The third kappa shape index (κ3) is 5.90. The number of likely N-dealkylation sites (N-methyl/N-ethyl adjacent to an activating group) is 1. The average Bonchev–Trinajstić information content (AvgIpc) is 2.39. The Bertz CT molecular complexity index is 393. The standard InChI is InChI=1S/C15H25N3O.ClH/c1-4-12-5-7-13(8-6-12)14(18(2)3)11-17-15(19)9-10-16;/h5-8,14H,4,9-11,16H2,1-3H3,(H,17,19);1H. The van der Waals surface area contributed by atoms with Crippen LogP contribution in [0.25, 0.3) is 0 Å². The van der Waals surface area contributed by atoms with E-state index in [0.29, 0.717) is 19.5 Å². The highest BCUT2D eigenvalue weighted by molar-refractivity contribution is 5.85. The average molecular weight is 300 g/mol. The second kappa shape index (κ2) is 9.75. The molecule has 1 rings (SSSR count). The van der Waals surface area contributed by atoms with Gasteiger partial charge in [-0.05, 0) is 31.6 Å². The number of aryl methyl sites for hydroxylation is 1. The molecule has 1 unspecified atom stereocenters. The number of rotatable bonds is 7. The molecule has 0 spiro atoms. The predicted octanol–water partition coefficient (Wildman–Crippen LogP) is 1.74. The lowest BCUT2D eigenvalue weighted by atomic mass is 10.0. The van der Waals surface area contributed by atoms with Crippen molar-refractivity contribution >= 4 is 18.3 Å². The second-order valence-electron chi connectivity index (χ2n) is 4.92. The highest BCUT2D eigenvalue weighted by Gasteiger charge is 2.14. The molecule has 0 saturated heterocycles. The van der Waals surface area contributed by atoms with Gasteiger partial charge in [0.1, 0.15) is 0 Å². The van der Waals surface area contributed by atoms with Crippen LogP contribution < -0.4 is 11.1 Å². The lowest BCUT2D eigenvalue weighted by Crippen LogP contribution is -2.35. The quantitative estimate of drug-likeness (QED) is 0.806. The van der Waals surface area contributed by atoms with Gasteiger partial charge in [0.25, 0.3) is 0 Å². The van der Waals surface area contributed by atoms with E-state index in [1.54, 1.807) is 0 Å². The smallest absolute Gasteiger partial charge is 0.221 e. The van der Waals surface area contributed by atoms with E-state index in [1.807, 2.05) is 14.1 Å². The van der Waals surface area contributed by atoms with Gasteiger partial charge >= 0.3 is 0 Å². The van der Waals surface area contributed by atoms with Crippen LogP contribution in [0.1, 0.15) is 30.5 Å². The minimum atomic E-state index is 0. The van der Waals surface area contributed by atoms with Crippen molar-refractivity contribution in [2.24, 2.45) is 5.73 Å². The molecule has 0 saturated carbocycles. The molecule has 114 valence electrons. The Morgan fingerprint density at radius 2 is 1.90 bits per heavy atom. The van der Waals surface area contributed by atoms with Gasteiger partial charge in [-0.2, -0.15) is 0 Å². The van der Waals surface area contributed by atoms with Gasteiger partial charge in [0.05, 0.1) is 6.04 Å². The third-order valence-electron chi connectivity index (χ3n) is 3.26. The first kappa shape index (κ1) is 18.9. The highest BCUT2D eigenvalue weighted by atomic mass is 35.5. The molecule has 4 nitrogen and oxygen atoms in total. The van der Waals surface area contributed by atoms with E-state index in [-0.39, 0.29) is 24.4 Å². The third-order valence-corrected chi connectivity index (χ3v) is 3.26. The largest absolute Gasteiger partial charge is 0.354 e. The summed E-state index contributed by atoms with van der Waals surface area (Å²) in [5, 5.41) is 2.93. The van der Waals surface area contributed by atoms with E-state index < -0.39 is 0 Å². The van der Waals surface area contributed by atoms with Crippen molar-refractivity contribution in [2.45, 2.75) is 25.8 Å². The van der Waals surface area contributed by atoms with Crippen LogP contribution in [0, 0.1) is 0 Å². The van der Waals surface area contributed by atoms with Crippen LogP contribution in [0.15, 0.2) is 24.3 Å². The molecule has 0 fully saturated rings. The summed E-state index contributed by atoms with van der Waals surface area (Å²) in [6, 6.07) is 8.76. The fourth-order valence-corrected chi connectivity index (χ4v) is 2.00. The zero-order valence-electron chi connectivity index (χ0n) is 12.6. The molecule has 0 aliphatic heterocycles. The molecule has 1 aromatic carbocycles. The number of nitrogens with one attached hydrogen (secondary N) is 1. The van der Waals surface area contributed by atoms with Crippen LogP contribution in [-0.2, 0) is 11.2 Å². The normalized spacial score (nSPS) is 11.8. The molecule has 0 aromatic heterocycles. The van der Waals surface area contributed by atoms with Crippen molar-refractivity contribution in [3.63, 3.8) is 0 Å². The molecule has 0 heterocycles. The number of benzene rings is 1. The maximum Gasteiger partial charge on any atom is 0.221 e. The zero-order valence-corrected chi connectivity index (χ0v) is 13.4. The van der Waals surface area contributed by atoms with Crippen molar-refractivity contribution in [2.75, 3.05) is 27.2 Å². The molecule has 0 aliphatic rings. The molecule has 1 amide bonds. The van der Waals surface area contributed by atoms with Crippen molar-refractivity contribution in [1.29, 1.82) is 0 Å². The number of nitrogens with zero attached hydrogens (tertiary/aromatic N) is 1. The van der Waals surface area contributed by atoms with Crippen molar-refractivity contribution < 1.29 is 4.79 Å². The van der Waals surface area contributed by atoms with Crippen molar-refractivity contribution in [3.05, 3.63) is 35.4 Å². The summed E-state index contributed by atoms with van der Waals surface area (Å²) < 4.78 is 0. The van der Waals surface area contributed by atoms with Crippen LogP contribution in [0.5, 0.6) is 0 Å². The first-order chi connectivity index (χ1) is 9.08. The summed E-state index contributed by atoms with van der Waals surface area (Å²) in [6.07, 6.45) is 1.43. The molecule has 1 aromatic rings. The Morgan fingerprint density at radius 3 is 2.35 bits per heavy atom. The minimum absolute atomic E-state index is 0. The van der Waals surface area contributed by atoms with Gasteiger partial charge in [-0.1, -0.05) is 31.2 Å². The number of carbonyl (C=O) groups is 1. The van der Waals surface area contributed by atoms with Gasteiger partial charge in [-0.3, -0.25) is 4.79 Å². The van der Waals surface area contributed by atoms with Crippen molar-refractivity contribution in [3.8, 4) is 0 Å². The predicted molar refractivity (Wildman–Crippen MR) is 86.2 cm³/mol. The minimum Gasteiger partial charge on any atom is -0.354 e. The fraction of sp³-hybridized carbons (Fsp3) is 0.533. The molecule has 0 bridgehead atoms. The molecule has 5 heteroatoms. The van der Waals surface area contributed by atoms with E-state index in [4.69, 9.17) is 5.73 Å². The van der Waals surface area contributed by atoms with Gasteiger partial charge < -0.3 is 16.0 Å². The van der Waals surface area contributed by atoms with Crippen molar-refractivity contribution in [1.82, 2.24) is 10.2 Å². The number of hydrogen-bond acceptors (Lipinski definition) is 3. The first-order valence-corrected chi connectivity index (χ1v) is 6.80. The summed E-state index contributed by atoms with van der Waals surface area (Å²) >= 11 is 0. The maximum absolute atomic E-state index is 11.5. The second-order valence-corrected chi connectivity index (χ2v) is 4.92. The Balaban J connectivity index is 0.00000361. The summed E-state index contributed by atoms with van der Waals surface area (Å²) in [5.74, 6) is 0.0135. The van der Waals surface area contributed by atoms with Crippen LogP contribution in [0.4, 0.5) is 0 Å². The SMILES string of the molecule is CCc1ccc(C(CNC(=O)CCN)N(C)C)cc1.Cl. The Labute approximate surface area is 128 Å². The summed E-state index contributed by atoms with van der Waals surface area (Å²) in [7, 11) is 4.04. The van der Waals surface area contributed by atoms with E-state index in [9.17, 15) is 4.79 Å². The Morgan fingerprint density at radius 1 is 1.30 bits per heavy atom. The molecular weight excluding hydrogens is 274 g/mol. The van der Waals surface area contributed by atoms with Crippen LogP contribution in [0.3, 0.4) is 0 Å². The molecule has 20 heavy (non-hydrogen) atoms. The monoisotopic (exact) mass is 299 g/mol. The van der Waals surface area contributed by atoms with Gasteiger partial charge in [-0.25, -0.2) is 0 Å². The number of hydrogen-bond donors (Lipinski definition) is 2. The Hall–Kier alpha value is -1.10. The summed E-state index contributed by atoms with van der Waals surface area (Å²) in [6.45, 7) is 3.15. The van der Waals surface area contributed by atoms with E-state index in [1.165, 1.54) is 11.1 Å². The zero-order chi connectivity index (χ0) is 14.3. The topological polar surface area (TPSA) is 58.4 Å². The van der Waals surface area contributed by atoms with Crippen LogP contribution in [0.2, 0.25) is 0 Å². The van der Waals surface area contributed by atoms with Gasteiger partial charge in [-0.15, -0.1) is 12.4 Å². The summed E-state index contributed by atoms with van der Waals surface area (Å²) in [4.78, 5) is 13.6. The number of carbonyl (C=O) groups excluding carboxylic acids is 1. The Kier molecular flexibility index (Phi) is 9.21. The van der Waals surface area contributed by atoms with E-state index >= 15 is 0 Å². The lowest BCUT2D eigenvalue weighted by molar-refractivity contribution is -0.121. The van der Waals surface area contributed by atoms with Crippen LogP contribution >= 0.6 is 12.4 Å². The molecule has 0 radical (unpaired) electrons. The lowest BCUT2D eigenvalue weighted by Gasteiger charge is -2.25. The number of nitrogens with two attached hydrogens (primary N) is 1. The maximum atomic E-state index is 11.5. The fourth-order valence-electron chi connectivity index (χ4n) is 2.00. The highest BCUT2D eigenvalue weighted by Crippen LogP contribution is 2.18. The van der Waals surface area contributed by atoms with Gasteiger partial charge in [0.2, 0.25) is 5.91 Å². The van der Waals surface area contributed by atoms with Crippen LogP contribution in [-0.4, -0.2) is 38.0 Å². The van der Waals surface area contributed by atoms with E-state index in [2.05, 4.69) is 41.4 Å². The van der Waals surface area contributed by atoms with Gasteiger partial charge in [0, 0.05) is 19.5 Å². The number of amides is 1. The molecule has 3 N–H and O–H groups in total. The van der Waals surface area contributed by atoms with E-state index in [0.717, 1.165) is 6.42 Å².